The standard InChI is InChI=1S/C21H26FN5O2/c22-17-6-4-16(5-7-17)18-14-19(24-23-18)21(29)27-12-10-25(11-13-27)15-20(28)26-8-2-1-3-9-26/h4-7,14H,1-3,8-13,15H2,(H,23,24). The van der Waals surface area contributed by atoms with E-state index in [4.69, 9.17) is 0 Å². The first kappa shape index (κ1) is 19.6. The zero-order valence-corrected chi connectivity index (χ0v) is 16.4. The number of amides is 2. The zero-order chi connectivity index (χ0) is 20.2. The lowest BCUT2D eigenvalue weighted by Gasteiger charge is -2.35. The van der Waals surface area contributed by atoms with Crippen molar-refractivity contribution in [2.75, 3.05) is 45.8 Å². The van der Waals surface area contributed by atoms with Crippen molar-refractivity contribution in [3.63, 3.8) is 0 Å². The molecule has 0 aliphatic carbocycles. The van der Waals surface area contributed by atoms with Crippen LogP contribution in [-0.2, 0) is 4.79 Å². The number of hydrogen-bond donors (Lipinski definition) is 1. The highest BCUT2D eigenvalue weighted by molar-refractivity contribution is 5.93. The van der Waals surface area contributed by atoms with Crippen molar-refractivity contribution in [3.8, 4) is 11.3 Å². The third-order valence-corrected chi connectivity index (χ3v) is 5.68. The molecule has 1 N–H and O–H groups in total. The number of hydrogen-bond acceptors (Lipinski definition) is 4. The Kier molecular flexibility index (Phi) is 5.89. The first-order valence-electron chi connectivity index (χ1n) is 10.2. The molecule has 0 atom stereocenters. The van der Waals surface area contributed by atoms with Gasteiger partial charge in [0.1, 0.15) is 11.5 Å². The molecule has 8 heteroatoms. The van der Waals surface area contributed by atoms with Crippen LogP contribution in [0.2, 0.25) is 0 Å². The predicted octanol–water partition coefficient (Wildman–Crippen LogP) is 1.99. The molecule has 3 heterocycles. The summed E-state index contributed by atoms with van der Waals surface area (Å²) in [5.74, 6) is -0.216. The molecule has 2 fully saturated rings. The topological polar surface area (TPSA) is 72.5 Å². The number of likely N-dealkylation sites (tertiary alicyclic amines) is 1. The molecule has 0 saturated carbocycles. The summed E-state index contributed by atoms with van der Waals surface area (Å²) in [7, 11) is 0. The molecule has 29 heavy (non-hydrogen) atoms. The van der Waals surface area contributed by atoms with Crippen molar-refractivity contribution in [1.29, 1.82) is 0 Å². The SMILES string of the molecule is O=C(CN1CCN(C(=O)c2cc(-c3ccc(F)cc3)n[nH]2)CC1)N1CCCCC1. The fraction of sp³-hybridized carbons (Fsp3) is 0.476. The maximum atomic E-state index is 13.1. The highest BCUT2D eigenvalue weighted by atomic mass is 19.1. The molecule has 0 radical (unpaired) electrons. The monoisotopic (exact) mass is 399 g/mol. The van der Waals surface area contributed by atoms with Crippen LogP contribution in [0.3, 0.4) is 0 Å². The molecular formula is C21H26FN5O2. The van der Waals surface area contributed by atoms with Crippen molar-refractivity contribution in [2.24, 2.45) is 0 Å². The summed E-state index contributed by atoms with van der Waals surface area (Å²) < 4.78 is 13.1. The summed E-state index contributed by atoms with van der Waals surface area (Å²) in [4.78, 5) is 31.1. The summed E-state index contributed by atoms with van der Waals surface area (Å²) >= 11 is 0. The second kappa shape index (κ2) is 8.73. The van der Waals surface area contributed by atoms with Crippen molar-refractivity contribution < 1.29 is 14.0 Å². The summed E-state index contributed by atoms with van der Waals surface area (Å²) in [5, 5.41) is 6.98. The average Bonchev–Trinajstić information content (AvgIpc) is 3.25. The minimum absolute atomic E-state index is 0.104. The Labute approximate surface area is 169 Å². The first-order chi connectivity index (χ1) is 14.1. The van der Waals surface area contributed by atoms with Gasteiger partial charge >= 0.3 is 0 Å². The van der Waals surface area contributed by atoms with Crippen LogP contribution in [0.5, 0.6) is 0 Å². The molecule has 2 aliphatic heterocycles. The van der Waals surface area contributed by atoms with Crippen LogP contribution in [0, 0.1) is 5.82 Å². The maximum absolute atomic E-state index is 13.1. The van der Waals surface area contributed by atoms with Gasteiger partial charge in [-0.05, 0) is 49.6 Å². The Morgan fingerprint density at radius 1 is 0.931 bits per heavy atom. The molecule has 2 saturated heterocycles. The lowest BCUT2D eigenvalue weighted by Crippen LogP contribution is -2.52. The van der Waals surface area contributed by atoms with Gasteiger partial charge in [-0.1, -0.05) is 0 Å². The maximum Gasteiger partial charge on any atom is 0.271 e. The summed E-state index contributed by atoms with van der Waals surface area (Å²) in [6.07, 6.45) is 3.40. The van der Waals surface area contributed by atoms with Gasteiger partial charge in [0, 0.05) is 44.8 Å². The fourth-order valence-corrected chi connectivity index (χ4v) is 3.91. The molecule has 2 aromatic rings. The van der Waals surface area contributed by atoms with E-state index in [1.807, 2.05) is 4.90 Å². The predicted molar refractivity (Wildman–Crippen MR) is 107 cm³/mol. The van der Waals surface area contributed by atoms with Crippen LogP contribution < -0.4 is 0 Å². The number of nitrogens with one attached hydrogen (secondary N) is 1. The molecule has 1 aromatic carbocycles. The number of piperazine rings is 1. The number of carbonyl (C=O) groups is 2. The number of piperidine rings is 1. The smallest absolute Gasteiger partial charge is 0.271 e. The minimum atomic E-state index is -0.308. The van der Waals surface area contributed by atoms with Crippen LogP contribution in [-0.4, -0.2) is 82.5 Å². The van der Waals surface area contributed by atoms with Gasteiger partial charge in [0.05, 0.1) is 12.2 Å². The quantitative estimate of drug-likeness (QED) is 0.854. The van der Waals surface area contributed by atoms with E-state index < -0.39 is 0 Å². The van der Waals surface area contributed by atoms with Crippen molar-refractivity contribution in [1.82, 2.24) is 24.9 Å². The van der Waals surface area contributed by atoms with Gasteiger partial charge in [0.2, 0.25) is 5.91 Å². The largest absolute Gasteiger partial charge is 0.342 e. The molecule has 7 nitrogen and oxygen atoms in total. The van der Waals surface area contributed by atoms with E-state index in [-0.39, 0.29) is 17.6 Å². The zero-order valence-electron chi connectivity index (χ0n) is 16.4. The Morgan fingerprint density at radius 2 is 1.62 bits per heavy atom. The van der Waals surface area contributed by atoms with E-state index >= 15 is 0 Å². The van der Waals surface area contributed by atoms with E-state index in [1.54, 1.807) is 23.1 Å². The molecule has 154 valence electrons. The lowest BCUT2D eigenvalue weighted by atomic mass is 10.1. The molecule has 2 aliphatic rings. The number of nitrogens with zero attached hydrogens (tertiary/aromatic N) is 4. The van der Waals surface area contributed by atoms with Gasteiger partial charge in [-0.2, -0.15) is 5.10 Å². The van der Waals surface area contributed by atoms with Gasteiger partial charge in [-0.3, -0.25) is 19.6 Å². The second-order valence-corrected chi connectivity index (χ2v) is 7.68. The molecule has 1 aromatic heterocycles. The Balaban J connectivity index is 1.30. The van der Waals surface area contributed by atoms with Crippen molar-refractivity contribution in [2.45, 2.75) is 19.3 Å². The highest BCUT2D eigenvalue weighted by Gasteiger charge is 2.26. The van der Waals surface area contributed by atoms with Gasteiger partial charge < -0.3 is 9.80 Å². The third-order valence-electron chi connectivity index (χ3n) is 5.68. The molecule has 2 amide bonds. The minimum Gasteiger partial charge on any atom is -0.342 e. The van der Waals surface area contributed by atoms with E-state index in [9.17, 15) is 14.0 Å². The number of carbonyl (C=O) groups excluding carboxylic acids is 2. The average molecular weight is 399 g/mol. The first-order valence-corrected chi connectivity index (χ1v) is 10.2. The molecule has 0 spiro atoms. The van der Waals surface area contributed by atoms with Gasteiger partial charge in [-0.25, -0.2) is 4.39 Å². The van der Waals surface area contributed by atoms with Crippen LogP contribution in [0.15, 0.2) is 30.3 Å². The number of aromatic nitrogens is 2. The van der Waals surface area contributed by atoms with Gasteiger partial charge in [-0.15, -0.1) is 0 Å². The van der Waals surface area contributed by atoms with Gasteiger partial charge in [0.15, 0.2) is 0 Å². The van der Waals surface area contributed by atoms with Crippen molar-refractivity contribution in [3.05, 3.63) is 41.8 Å². The summed E-state index contributed by atoms with van der Waals surface area (Å²) in [6.45, 7) is 4.70. The van der Waals surface area contributed by atoms with E-state index in [1.165, 1.54) is 18.6 Å². The Bertz CT molecular complexity index is 852. The second-order valence-electron chi connectivity index (χ2n) is 7.68. The Morgan fingerprint density at radius 3 is 2.31 bits per heavy atom. The van der Waals surface area contributed by atoms with E-state index in [2.05, 4.69) is 15.1 Å². The van der Waals surface area contributed by atoms with Gasteiger partial charge in [0.25, 0.3) is 5.91 Å². The van der Waals surface area contributed by atoms with Crippen LogP contribution in [0.25, 0.3) is 11.3 Å². The van der Waals surface area contributed by atoms with Crippen molar-refractivity contribution >= 4 is 11.8 Å². The third kappa shape index (κ3) is 4.64. The molecule has 4 rings (SSSR count). The molecular weight excluding hydrogens is 373 g/mol. The lowest BCUT2D eigenvalue weighted by molar-refractivity contribution is -0.133. The number of rotatable bonds is 4. The highest BCUT2D eigenvalue weighted by Crippen LogP contribution is 2.19. The van der Waals surface area contributed by atoms with Crippen LogP contribution in [0.1, 0.15) is 29.8 Å². The number of benzene rings is 1. The molecule has 0 bridgehead atoms. The summed E-state index contributed by atoms with van der Waals surface area (Å²) in [5.41, 5.74) is 1.78. The summed E-state index contributed by atoms with van der Waals surface area (Å²) in [6, 6.07) is 7.71. The Hall–Kier alpha value is -2.74. The molecule has 0 unspecified atom stereocenters. The number of aromatic amines is 1. The van der Waals surface area contributed by atoms with E-state index in [0.29, 0.717) is 44.1 Å². The number of halogens is 1. The normalized spacial score (nSPS) is 18.1. The van der Waals surface area contributed by atoms with Crippen LogP contribution in [0.4, 0.5) is 4.39 Å². The fourth-order valence-electron chi connectivity index (χ4n) is 3.91. The van der Waals surface area contributed by atoms with E-state index in [0.717, 1.165) is 31.5 Å². The van der Waals surface area contributed by atoms with Crippen LogP contribution >= 0.6 is 0 Å². The number of H-pyrrole nitrogens is 1.